The molecule has 0 heterocycles. The van der Waals surface area contributed by atoms with E-state index in [1.807, 2.05) is 48.6 Å². The van der Waals surface area contributed by atoms with Crippen LogP contribution in [0.2, 0.25) is 0 Å². The van der Waals surface area contributed by atoms with E-state index in [9.17, 15) is 14.4 Å². The first-order valence-corrected chi connectivity index (χ1v) is 23.9. The Morgan fingerprint density at radius 1 is 0.355 bits per heavy atom. The standard InChI is InChI=1S/C56H84O6/c1-4-7-10-13-16-19-22-25-27-28-30-31-34-37-40-43-46-49-55(58)61-52-53(51-60-54(57)48-45-42-39-36-33-24-21-18-15-12-9-6-3)62-56(59)50-47-44-41-38-35-32-29-26-23-20-17-14-11-8-5-2/h8-9,11-12,14,16-21,23,25-27,29-33,35-37,40,53H,4-7,10,13,15,22,24,28,34,38-39,41-52H2,1-3H3/b11-8-,12-9-,17-14-,19-16-,21-18-,23-20-,27-25-,29-26-,31-30-,35-32-,36-33-,40-37-. The number of allylic oxidation sites excluding steroid dienone is 24. The Morgan fingerprint density at radius 3 is 1.24 bits per heavy atom. The van der Waals surface area contributed by atoms with Gasteiger partial charge in [-0.25, -0.2) is 0 Å². The van der Waals surface area contributed by atoms with Crippen LogP contribution in [0.1, 0.15) is 168 Å². The summed E-state index contributed by atoms with van der Waals surface area (Å²) in [6.45, 7) is 6.19. The minimum absolute atomic E-state index is 0.139. The van der Waals surface area contributed by atoms with E-state index in [2.05, 4.69) is 118 Å². The van der Waals surface area contributed by atoms with Crippen molar-refractivity contribution in [1.82, 2.24) is 0 Å². The quantitative estimate of drug-likeness (QED) is 0.0201. The van der Waals surface area contributed by atoms with Gasteiger partial charge in [0.2, 0.25) is 0 Å². The van der Waals surface area contributed by atoms with Crippen molar-refractivity contribution in [1.29, 1.82) is 0 Å². The fraction of sp³-hybridized carbons (Fsp3) is 0.518. The highest BCUT2D eigenvalue weighted by Crippen LogP contribution is 2.10. The highest BCUT2D eigenvalue weighted by molar-refractivity contribution is 5.71. The fourth-order valence-corrected chi connectivity index (χ4v) is 5.64. The Kier molecular flexibility index (Phi) is 45.2. The van der Waals surface area contributed by atoms with Crippen molar-refractivity contribution in [3.05, 3.63) is 146 Å². The third-order valence-corrected chi connectivity index (χ3v) is 9.19. The Bertz CT molecular complexity index is 1440. The van der Waals surface area contributed by atoms with Crippen LogP contribution in [0.3, 0.4) is 0 Å². The molecule has 0 amide bonds. The first-order valence-electron chi connectivity index (χ1n) is 23.9. The molecule has 1 atom stereocenters. The van der Waals surface area contributed by atoms with Crippen LogP contribution in [-0.2, 0) is 28.6 Å². The van der Waals surface area contributed by atoms with E-state index >= 15 is 0 Å². The first kappa shape index (κ1) is 57.3. The van der Waals surface area contributed by atoms with Crippen molar-refractivity contribution < 1.29 is 28.6 Å². The van der Waals surface area contributed by atoms with Crippen LogP contribution in [0.15, 0.2) is 146 Å². The second-order valence-corrected chi connectivity index (χ2v) is 15.0. The van der Waals surface area contributed by atoms with Crippen molar-refractivity contribution >= 4 is 17.9 Å². The molecule has 0 saturated heterocycles. The molecule has 0 aromatic heterocycles. The highest BCUT2D eigenvalue weighted by atomic mass is 16.6. The molecule has 0 aliphatic carbocycles. The number of carbonyl (C=O) groups excluding carboxylic acids is 3. The van der Waals surface area contributed by atoms with Gasteiger partial charge in [-0.1, -0.05) is 186 Å². The number of ether oxygens (including phenoxy) is 3. The average molecular weight is 853 g/mol. The first-order chi connectivity index (χ1) is 30.5. The van der Waals surface area contributed by atoms with Gasteiger partial charge >= 0.3 is 17.9 Å². The topological polar surface area (TPSA) is 78.9 Å². The summed E-state index contributed by atoms with van der Waals surface area (Å²) in [5, 5.41) is 0. The van der Waals surface area contributed by atoms with Crippen LogP contribution in [-0.4, -0.2) is 37.2 Å². The second kappa shape index (κ2) is 49.0. The lowest BCUT2D eigenvalue weighted by atomic mass is 10.1. The maximum Gasteiger partial charge on any atom is 0.306 e. The predicted octanol–water partition coefficient (Wildman–Crippen LogP) is 15.7. The Balaban J connectivity index is 4.64. The number of hydrogen-bond donors (Lipinski definition) is 0. The summed E-state index contributed by atoms with van der Waals surface area (Å²) >= 11 is 0. The number of carbonyl (C=O) groups is 3. The molecule has 6 nitrogen and oxygen atoms in total. The minimum atomic E-state index is -0.843. The van der Waals surface area contributed by atoms with Crippen molar-refractivity contribution in [3.8, 4) is 0 Å². The van der Waals surface area contributed by atoms with Gasteiger partial charge in [-0.3, -0.25) is 14.4 Å². The Labute approximate surface area is 378 Å². The predicted molar refractivity (Wildman–Crippen MR) is 265 cm³/mol. The van der Waals surface area contributed by atoms with Gasteiger partial charge < -0.3 is 14.2 Å². The van der Waals surface area contributed by atoms with Gasteiger partial charge in [0, 0.05) is 19.3 Å². The lowest BCUT2D eigenvalue weighted by molar-refractivity contribution is -0.167. The van der Waals surface area contributed by atoms with Crippen molar-refractivity contribution in [2.45, 2.75) is 175 Å². The van der Waals surface area contributed by atoms with E-state index in [0.29, 0.717) is 19.3 Å². The van der Waals surface area contributed by atoms with E-state index in [4.69, 9.17) is 14.2 Å². The third-order valence-electron chi connectivity index (χ3n) is 9.19. The molecule has 0 fully saturated rings. The van der Waals surface area contributed by atoms with E-state index in [1.54, 1.807) is 0 Å². The molecule has 0 aliphatic rings. The van der Waals surface area contributed by atoms with Crippen LogP contribution in [0.5, 0.6) is 0 Å². The number of rotatable bonds is 40. The maximum atomic E-state index is 12.7. The molecule has 6 heteroatoms. The van der Waals surface area contributed by atoms with Crippen LogP contribution in [0.25, 0.3) is 0 Å². The molecule has 0 saturated carbocycles. The van der Waals surface area contributed by atoms with Crippen LogP contribution in [0.4, 0.5) is 0 Å². The van der Waals surface area contributed by atoms with E-state index < -0.39 is 6.10 Å². The highest BCUT2D eigenvalue weighted by Gasteiger charge is 2.19. The third kappa shape index (κ3) is 46.4. The van der Waals surface area contributed by atoms with Crippen molar-refractivity contribution in [2.24, 2.45) is 0 Å². The monoisotopic (exact) mass is 853 g/mol. The molecule has 0 N–H and O–H groups in total. The summed E-state index contributed by atoms with van der Waals surface area (Å²) < 4.78 is 16.6. The van der Waals surface area contributed by atoms with E-state index in [0.717, 1.165) is 83.5 Å². The molecule has 0 rings (SSSR count). The zero-order valence-electron chi connectivity index (χ0n) is 39.1. The zero-order chi connectivity index (χ0) is 45.1. The summed E-state index contributed by atoms with van der Waals surface area (Å²) in [6, 6.07) is 0. The number of unbranched alkanes of at least 4 members (excludes halogenated alkanes) is 9. The molecule has 0 spiro atoms. The van der Waals surface area contributed by atoms with Crippen molar-refractivity contribution in [3.63, 3.8) is 0 Å². The zero-order valence-corrected chi connectivity index (χ0v) is 39.1. The van der Waals surface area contributed by atoms with Gasteiger partial charge in [0.15, 0.2) is 6.10 Å². The number of esters is 3. The summed E-state index contributed by atoms with van der Waals surface area (Å²) in [5.41, 5.74) is 0. The fourth-order valence-electron chi connectivity index (χ4n) is 5.64. The van der Waals surface area contributed by atoms with Gasteiger partial charge in [0.1, 0.15) is 13.2 Å². The van der Waals surface area contributed by atoms with Crippen LogP contribution in [0, 0.1) is 0 Å². The molecule has 0 aliphatic heterocycles. The molecule has 344 valence electrons. The second-order valence-electron chi connectivity index (χ2n) is 15.0. The van der Waals surface area contributed by atoms with Crippen LogP contribution < -0.4 is 0 Å². The van der Waals surface area contributed by atoms with Gasteiger partial charge in [0.25, 0.3) is 0 Å². The smallest absolute Gasteiger partial charge is 0.306 e. The molecule has 0 bridgehead atoms. The van der Waals surface area contributed by atoms with Crippen LogP contribution >= 0.6 is 0 Å². The summed E-state index contributed by atoms with van der Waals surface area (Å²) in [6.07, 6.45) is 69.8. The summed E-state index contributed by atoms with van der Waals surface area (Å²) in [4.78, 5) is 37.8. The molecule has 0 aromatic carbocycles. The molecule has 1 unspecified atom stereocenters. The Morgan fingerprint density at radius 2 is 0.726 bits per heavy atom. The van der Waals surface area contributed by atoms with Gasteiger partial charge in [-0.15, -0.1) is 0 Å². The largest absolute Gasteiger partial charge is 0.462 e. The van der Waals surface area contributed by atoms with Gasteiger partial charge in [0.05, 0.1) is 0 Å². The molecule has 0 aromatic rings. The van der Waals surface area contributed by atoms with Crippen molar-refractivity contribution in [2.75, 3.05) is 13.2 Å². The number of hydrogen-bond acceptors (Lipinski definition) is 6. The lowest BCUT2D eigenvalue weighted by Gasteiger charge is -2.18. The Hall–Kier alpha value is -4.71. The molecule has 0 radical (unpaired) electrons. The molecular weight excluding hydrogens is 769 g/mol. The van der Waals surface area contributed by atoms with E-state index in [1.165, 1.54) is 25.7 Å². The molecule has 62 heavy (non-hydrogen) atoms. The lowest BCUT2D eigenvalue weighted by Crippen LogP contribution is -2.30. The SMILES string of the molecule is CC\C=C/C=C\C=C/C=C\C=C/CCCCCC(=O)OC(COC(=O)CCC/C=C\C/C=C\C/C=C\C/C=C\CCCCC)COC(=O)CCCC/C=C\C/C=C\C/C=C\CC. The summed E-state index contributed by atoms with van der Waals surface area (Å²) in [5.74, 6) is -1.09. The molecular formula is C56H84O6. The minimum Gasteiger partial charge on any atom is -0.462 e. The maximum absolute atomic E-state index is 12.7. The van der Waals surface area contributed by atoms with Gasteiger partial charge in [-0.2, -0.15) is 0 Å². The normalized spacial score (nSPS) is 13.4. The summed E-state index contributed by atoms with van der Waals surface area (Å²) in [7, 11) is 0. The average Bonchev–Trinajstić information content (AvgIpc) is 3.27. The van der Waals surface area contributed by atoms with Gasteiger partial charge in [-0.05, 0) is 109 Å². The van der Waals surface area contributed by atoms with E-state index in [-0.39, 0.29) is 50.4 Å².